The van der Waals surface area contributed by atoms with E-state index >= 15 is 0 Å². The maximum atomic E-state index is 11.0. The molecule has 0 aromatic carbocycles. The van der Waals surface area contributed by atoms with Gasteiger partial charge in [0.05, 0.1) is 6.61 Å². The van der Waals surface area contributed by atoms with Crippen LogP contribution in [0.1, 0.15) is 20.3 Å². The number of allylic oxidation sites excluding steroid dienone is 1. The minimum atomic E-state index is -0.216. The minimum Gasteiger partial charge on any atom is -0.463 e. The number of halogens is 1. The van der Waals surface area contributed by atoms with Gasteiger partial charge in [-0.3, -0.25) is 0 Å². The Labute approximate surface area is 75.7 Å². The molecule has 0 aliphatic heterocycles. The van der Waals surface area contributed by atoms with Crippen molar-refractivity contribution >= 4 is 21.9 Å². The Morgan fingerprint density at radius 3 is 2.55 bits per heavy atom. The molecular formula is C8H13BrO2. The quantitative estimate of drug-likeness (QED) is 0.413. The third-order valence-electron chi connectivity index (χ3n) is 1.13. The summed E-state index contributed by atoms with van der Waals surface area (Å²) in [5, 5.41) is 0.569. The Morgan fingerprint density at radius 2 is 2.18 bits per heavy atom. The fourth-order valence-corrected chi connectivity index (χ4v) is 1.12. The van der Waals surface area contributed by atoms with Crippen LogP contribution in [0.5, 0.6) is 0 Å². The summed E-state index contributed by atoms with van der Waals surface area (Å²) in [6.07, 6.45) is 2.73. The van der Waals surface area contributed by atoms with Gasteiger partial charge in [0.1, 0.15) is 0 Å². The molecule has 0 saturated heterocycles. The number of alkyl halides is 1. The average molecular weight is 221 g/mol. The summed E-state index contributed by atoms with van der Waals surface area (Å²) in [4.78, 5) is 11.0. The van der Waals surface area contributed by atoms with E-state index in [9.17, 15) is 4.79 Å². The fraction of sp³-hybridized carbons (Fsp3) is 0.625. The van der Waals surface area contributed by atoms with Crippen molar-refractivity contribution < 1.29 is 9.53 Å². The monoisotopic (exact) mass is 220 g/mol. The lowest BCUT2D eigenvalue weighted by molar-refractivity contribution is -0.138. The molecule has 0 aromatic rings. The second kappa shape index (κ2) is 6.40. The molecule has 0 N–H and O–H groups in total. The van der Waals surface area contributed by atoms with E-state index in [1.807, 2.05) is 13.0 Å². The van der Waals surface area contributed by atoms with E-state index in [2.05, 4.69) is 15.9 Å². The fourth-order valence-electron chi connectivity index (χ4n) is 0.663. The Morgan fingerprint density at radius 1 is 1.55 bits per heavy atom. The van der Waals surface area contributed by atoms with Crippen molar-refractivity contribution in [3.63, 3.8) is 0 Å². The molecule has 0 aliphatic carbocycles. The molecule has 0 rings (SSSR count). The topological polar surface area (TPSA) is 26.3 Å². The molecule has 0 saturated carbocycles. The number of ether oxygens (including phenoxy) is 1. The summed E-state index contributed by atoms with van der Waals surface area (Å²) >= 11 is 3.22. The highest BCUT2D eigenvalue weighted by atomic mass is 79.9. The van der Waals surface area contributed by atoms with Crippen LogP contribution in [-0.4, -0.2) is 17.9 Å². The summed E-state index contributed by atoms with van der Waals surface area (Å²) in [6.45, 7) is 4.23. The third kappa shape index (κ3) is 4.19. The van der Waals surface area contributed by atoms with Crippen LogP contribution in [0.15, 0.2) is 11.6 Å². The lowest BCUT2D eigenvalue weighted by Gasteiger charge is -2.01. The van der Waals surface area contributed by atoms with Gasteiger partial charge in [0.25, 0.3) is 0 Å². The first-order chi connectivity index (χ1) is 5.26. The number of esters is 1. The molecule has 0 atom stereocenters. The van der Waals surface area contributed by atoms with E-state index in [1.165, 1.54) is 0 Å². The largest absolute Gasteiger partial charge is 0.463 e. The predicted octanol–water partition coefficient (Wildman–Crippen LogP) is 2.28. The predicted molar refractivity (Wildman–Crippen MR) is 48.8 cm³/mol. The molecule has 2 nitrogen and oxygen atoms in total. The van der Waals surface area contributed by atoms with E-state index in [0.717, 1.165) is 6.42 Å². The van der Waals surface area contributed by atoms with Gasteiger partial charge in [0, 0.05) is 10.9 Å². The van der Waals surface area contributed by atoms with Gasteiger partial charge in [-0.05, 0) is 13.3 Å². The SMILES string of the molecule is CC/C=C(/CBr)C(=O)OCC. The second-order valence-electron chi connectivity index (χ2n) is 1.99. The van der Waals surface area contributed by atoms with Crippen LogP contribution in [-0.2, 0) is 9.53 Å². The standard InChI is InChI=1S/C8H13BrO2/c1-3-5-7(6-9)8(10)11-4-2/h5H,3-4,6H2,1-2H3/b7-5-. The van der Waals surface area contributed by atoms with Gasteiger partial charge in [-0.1, -0.05) is 28.9 Å². The van der Waals surface area contributed by atoms with Gasteiger partial charge in [-0.15, -0.1) is 0 Å². The lowest BCUT2D eigenvalue weighted by Crippen LogP contribution is -2.08. The van der Waals surface area contributed by atoms with E-state index < -0.39 is 0 Å². The van der Waals surface area contributed by atoms with Crippen molar-refractivity contribution in [1.82, 2.24) is 0 Å². The molecule has 0 radical (unpaired) electrons. The van der Waals surface area contributed by atoms with Crippen molar-refractivity contribution in [2.24, 2.45) is 0 Å². The first kappa shape index (κ1) is 10.7. The number of hydrogen-bond donors (Lipinski definition) is 0. The van der Waals surface area contributed by atoms with Crippen LogP contribution in [0.4, 0.5) is 0 Å². The van der Waals surface area contributed by atoms with Crippen LogP contribution in [0.25, 0.3) is 0 Å². The second-order valence-corrected chi connectivity index (χ2v) is 2.55. The zero-order valence-electron chi connectivity index (χ0n) is 6.89. The number of carbonyl (C=O) groups excluding carboxylic acids is 1. The van der Waals surface area contributed by atoms with Gasteiger partial charge >= 0.3 is 5.97 Å². The third-order valence-corrected chi connectivity index (χ3v) is 1.74. The molecule has 0 fully saturated rings. The van der Waals surface area contributed by atoms with Crippen molar-refractivity contribution in [1.29, 1.82) is 0 Å². The van der Waals surface area contributed by atoms with E-state index in [4.69, 9.17) is 4.74 Å². The van der Waals surface area contributed by atoms with Gasteiger partial charge in [-0.25, -0.2) is 4.79 Å². The van der Waals surface area contributed by atoms with Gasteiger partial charge in [0.2, 0.25) is 0 Å². The van der Waals surface area contributed by atoms with Crippen molar-refractivity contribution in [3.8, 4) is 0 Å². The molecule has 0 aliphatic rings. The molecule has 0 aromatic heterocycles. The number of carbonyl (C=O) groups is 1. The minimum absolute atomic E-state index is 0.216. The average Bonchev–Trinajstić information content (AvgIpc) is 2.00. The Kier molecular flexibility index (Phi) is 6.22. The molecule has 0 spiro atoms. The molecule has 0 amide bonds. The van der Waals surface area contributed by atoms with E-state index in [1.54, 1.807) is 6.92 Å². The summed E-state index contributed by atoms with van der Waals surface area (Å²) in [5.74, 6) is -0.216. The van der Waals surface area contributed by atoms with Gasteiger partial charge < -0.3 is 4.74 Å². The molecule has 0 unspecified atom stereocenters. The van der Waals surface area contributed by atoms with Gasteiger partial charge in [0.15, 0.2) is 0 Å². The molecule has 64 valence electrons. The number of rotatable bonds is 4. The first-order valence-electron chi connectivity index (χ1n) is 3.68. The lowest BCUT2D eigenvalue weighted by atomic mass is 10.2. The molecule has 0 heterocycles. The Bertz CT molecular complexity index is 152. The molecule has 11 heavy (non-hydrogen) atoms. The highest BCUT2D eigenvalue weighted by Gasteiger charge is 2.06. The Balaban J connectivity index is 4.03. The van der Waals surface area contributed by atoms with E-state index in [-0.39, 0.29) is 5.97 Å². The summed E-state index contributed by atoms with van der Waals surface area (Å²) < 4.78 is 4.81. The maximum absolute atomic E-state index is 11.0. The first-order valence-corrected chi connectivity index (χ1v) is 4.80. The van der Waals surface area contributed by atoms with Crippen LogP contribution in [0.2, 0.25) is 0 Å². The van der Waals surface area contributed by atoms with Crippen molar-refractivity contribution in [2.75, 3.05) is 11.9 Å². The molecular weight excluding hydrogens is 208 g/mol. The summed E-state index contributed by atoms with van der Waals surface area (Å²) in [7, 11) is 0. The number of hydrogen-bond acceptors (Lipinski definition) is 2. The zero-order chi connectivity index (χ0) is 8.69. The normalized spacial score (nSPS) is 11.4. The molecule has 0 bridgehead atoms. The van der Waals surface area contributed by atoms with Crippen LogP contribution in [0.3, 0.4) is 0 Å². The van der Waals surface area contributed by atoms with E-state index in [0.29, 0.717) is 17.5 Å². The van der Waals surface area contributed by atoms with Crippen LogP contribution < -0.4 is 0 Å². The Hall–Kier alpha value is -0.310. The summed E-state index contributed by atoms with van der Waals surface area (Å²) in [6, 6.07) is 0. The maximum Gasteiger partial charge on any atom is 0.334 e. The van der Waals surface area contributed by atoms with Crippen LogP contribution in [0, 0.1) is 0 Å². The highest BCUT2D eigenvalue weighted by molar-refractivity contribution is 9.09. The smallest absolute Gasteiger partial charge is 0.334 e. The molecule has 3 heteroatoms. The van der Waals surface area contributed by atoms with Gasteiger partial charge in [-0.2, -0.15) is 0 Å². The van der Waals surface area contributed by atoms with Crippen molar-refractivity contribution in [3.05, 3.63) is 11.6 Å². The zero-order valence-corrected chi connectivity index (χ0v) is 8.48. The van der Waals surface area contributed by atoms with Crippen molar-refractivity contribution in [2.45, 2.75) is 20.3 Å². The van der Waals surface area contributed by atoms with Crippen LogP contribution >= 0.6 is 15.9 Å². The summed E-state index contributed by atoms with van der Waals surface area (Å²) in [5.41, 5.74) is 0.703. The highest BCUT2D eigenvalue weighted by Crippen LogP contribution is 2.03.